The maximum atomic E-state index is 3.52. The van der Waals surface area contributed by atoms with Crippen LogP contribution in [0.4, 0.5) is 0 Å². The summed E-state index contributed by atoms with van der Waals surface area (Å²) in [7, 11) is 2.15. The molecule has 1 aliphatic rings. The summed E-state index contributed by atoms with van der Waals surface area (Å²) in [5, 5.41) is 3.52. The van der Waals surface area contributed by atoms with Crippen LogP contribution in [0.25, 0.3) is 0 Å². The van der Waals surface area contributed by atoms with Crippen LogP contribution in [0.3, 0.4) is 0 Å². The molecule has 0 aromatic heterocycles. The summed E-state index contributed by atoms with van der Waals surface area (Å²) in [6.07, 6.45) is 18.9. The lowest BCUT2D eigenvalue weighted by atomic mass is 9.80. The number of rotatable bonds is 12. The van der Waals surface area contributed by atoms with E-state index in [2.05, 4.69) is 19.3 Å². The lowest BCUT2D eigenvalue weighted by Crippen LogP contribution is -2.29. The van der Waals surface area contributed by atoms with E-state index in [4.69, 9.17) is 0 Å². The summed E-state index contributed by atoms with van der Waals surface area (Å²) < 4.78 is 0. The Balaban J connectivity index is 1.85. The highest BCUT2D eigenvalue weighted by Gasteiger charge is 2.20. The van der Waals surface area contributed by atoms with Gasteiger partial charge < -0.3 is 5.32 Å². The maximum absolute atomic E-state index is 3.52. The smallest absolute Gasteiger partial charge is 0.00667 e. The van der Waals surface area contributed by atoms with Gasteiger partial charge in [-0.05, 0) is 25.8 Å². The second kappa shape index (κ2) is 10.8. The quantitative estimate of drug-likeness (QED) is 0.466. The molecule has 0 aromatic rings. The van der Waals surface area contributed by atoms with Crippen molar-refractivity contribution in [1.82, 2.24) is 5.32 Å². The van der Waals surface area contributed by atoms with Crippen molar-refractivity contribution in [2.24, 2.45) is 5.92 Å². The molecule has 0 saturated heterocycles. The van der Waals surface area contributed by atoms with Gasteiger partial charge in [-0.2, -0.15) is 0 Å². The highest BCUT2D eigenvalue weighted by atomic mass is 14.9. The average Bonchev–Trinajstić information content (AvgIpc) is 2.34. The van der Waals surface area contributed by atoms with Crippen LogP contribution >= 0.6 is 0 Å². The van der Waals surface area contributed by atoms with Gasteiger partial charge in [-0.1, -0.05) is 77.6 Å². The SMILES string of the molecule is CCCCCCCCCCC(CC1CCC1)NC. The number of nitrogens with one attached hydrogen (secondary N) is 1. The van der Waals surface area contributed by atoms with Gasteiger partial charge in [-0.3, -0.25) is 0 Å². The van der Waals surface area contributed by atoms with Crippen molar-refractivity contribution in [1.29, 1.82) is 0 Å². The Morgan fingerprint density at radius 3 is 2.06 bits per heavy atom. The molecule has 0 aromatic carbocycles. The van der Waals surface area contributed by atoms with Crippen molar-refractivity contribution in [3.8, 4) is 0 Å². The minimum Gasteiger partial charge on any atom is -0.317 e. The van der Waals surface area contributed by atoms with E-state index in [0.29, 0.717) is 0 Å². The monoisotopic (exact) mass is 253 g/mol. The second-order valence-corrected chi connectivity index (χ2v) is 6.28. The van der Waals surface area contributed by atoms with E-state index in [1.165, 1.54) is 83.5 Å². The topological polar surface area (TPSA) is 12.0 Å². The highest BCUT2D eigenvalue weighted by molar-refractivity contribution is 4.76. The van der Waals surface area contributed by atoms with Gasteiger partial charge in [0.15, 0.2) is 0 Å². The summed E-state index contributed by atoms with van der Waals surface area (Å²) >= 11 is 0. The summed E-state index contributed by atoms with van der Waals surface area (Å²) in [6, 6.07) is 0.801. The molecule has 0 bridgehead atoms. The predicted octanol–water partition coefficient (Wildman–Crippen LogP) is 5.30. The molecule has 18 heavy (non-hydrogen) atoms. The molecule has 1 atom stereocenters. The van der Waals surface area contributed by atoms with Gasteiger partial charge in [0.05, 0.1) is 0 Å². The van der Waals surface area contributed by atoms with E-state index < -0.39 is 0 Å². The van der Waals surface area contributed by atoms with E-state index in [0.717, 1.165) is 12.0 Å². The largest absolute Gasteiger partial charge is 0.317 e. The molecule has 1 aliphatic carbocycles. The van der Waals surface area contributed by atoms with Crippen molar-refractivity contribution in [2.75, 3.05) is 7.05 Å². The molecule has 1 heteroatoms. The van der Waals surface area contributed by atoms with Gasteiger partial charge in [0, 0.05) is 6.04 Å². The van der Waals surface area contributed by atoms with E-state index in [1.807, 2.05) is 0 Å². The zero-order chi connectivity index (χ0) is 13.1. The molecular formula is C17H35N. The number of hydrogen-bond acceptors (Lipinski definition) is 1. The lowest BCUT2D eigenvalue weighted by molar-refractivity contribution is 0.257. The molecule has 1 fully saturated rings. The van der Waals surface area contributed by atoms with Crippen LogP contribution in [-0.4, -0.2) is 13.1 Å². The first-order valence-electron chi connectivity index (χ1n) is 8.54. The van der Waals surface area contributed by atoms with Crippen molar-refractivity contribution in [3.05, 3.63) is 0 Å². The van der Waals surface area contributed by atoms with Crippen LogP contribution in [0.15, 0.2) is 0 Å². The standard InChI is InChI=1S/C17H35N/c1-3-4-5-6-7-8-9-10-14-17(18-2)15-16-12-11-13-16/h16-18H,3-15H2,1-2H3. The Hall–Kier alpha value is -0.0400. The van der Waals surface area contributed by atoms with E-state index in [-0.39, 0.29) is 0 Å². The van der Waals surface area contributed by atoms with Crippen LogP contribution < -0.4 is 5.32 Å². The summed E-state index contributed by atoms with van der Waals surface area (Å²) in [4.78, 5) is 0. The molecule has 0 spiro atoms. The normalized spacial score (nSPS) is 17.7. The Morgan fingerprint density at radius 2 is 1.56 bits per heavy atom. The summed E-state index contributed by atoms with van der Waals surface area (Å²) in [6.45, 7) is 2.29. The summed E-state index contributed by atoms with van der Waals surface area (Å²) in [5.41, 5.74) is 0. The Labute approximate surface area is 115 Å². The molecule has 1 nitrogen and oxygen atoms in total. The minimum atomic E-state index is 0.801. The molecule has 1 rings (SSSR count). The first-order chi connectivity index (χ1) is 8.86. The van der Waals surface area contributed by atoms with Crippen LogP contribution in [0.1, 0.15) is 90.4 Å². The van der Waals surface area contributed by atoms with Gasteiger partial charge >= 0.3 is 0 Å². The Bertz CT molecular complexity index is 174. The molecule has 0 amide bonds. The molecule has 0 radical (unpaired) electrons. The first kappa shape index (κ1) is 16.0. The fourth-order valence-corrected chi connectivity index (χ4v) is 3.04. The van der Waals surface area contributed by atoms with Gasteiger partial charge in [0.1, 0.15) is 0 Å². The Morgan fingerprint density at radius 1 is 0.944 bits per heavy atom. The number of unbranched alkanes of at least 4 members (excludes halogenated alkanes) is 7. The molecular weight excluding hydrogens is 218 g/mol. The third kappa shape index (κ3) is 7.41. The minimum absolute atomic E-state index is 0.801. The molecule has 0 heterocycles. The van der Waals surface area contributed by atoms with Crippen molar-refractivity contribution >= 4 is 0 Å². The molecule has 108 valence electrons. The van der Waals surface area contributed by atoms with Crippen LogP contribution in [0.2, 0.25) is 0 Å². The van der Waals surface area contributed by atoms with E-state index in [1.54, 1.807) is 0 Å². The van der Waals surface area contributed by atoms with Gasteiger partial charge in [-0.25, -0.2) is 0 Å². The predicted molar refractivity (Wildman–Crippen MR) is 82.0 cm³/mol. The first-order valence-corrected chi connectivity index (χ1v) is 8.54. The highest BCUT2D eigenvalue weighted by Crippen LogP contribution is 2.31. The number of hydrogen-bond donors (Lipinski definition) is 1. The summed E-state index contributed by atoms with van der Waals surface area (Å²) in [5.74, 6) is 1.05. The van der Waals surface area contributed by atoms with Gasteiger partial charge in [0.25, 0.3) is 0 Å². The van der Waals surface area contributed by atoms with Crippen LogP contribution in [0, 0.1) is 5.92 Å². The van der Waals surface area contributed by atoms with E-state index in [9.17, 15) is 0 Å². The van der Waals surface area contributed by atoms with Gasteiger partial charge in [0.2, 0.25) is 0 Å². The third-order valence-electron chi connectivity index (χ3n) is 4.66. The van der Waals surface area contributed by atoms with Crippen LogP contribution in [-0.2, 0) is 0 Å². The second-order valence-electron chi connectivity index (χ2n) is 6.28. The van der Waals surface area contributed by atoms with Crippen LogP contribution in [0.5, 0.6) is 0 Å². The maximum Gasteiger partial charge on any atom is 0.00667 e. The van der Waals surface area contributed by atoms with Gasteiger partial charge in [-0.15, -0.1) is 0 Å². The fourth-order valence-electron chi connectivity index (χ4n) is 3.04. The van der Waals surface area contributed by atoms with Crippen molar-refractivity contribution in [3.63, 3.8) is 0 Å². The molecule has 0 aliphatic heterocycles. The lowest BCUT2D eigenvalue weighted by Gasteiger charge is -2.29. The average molecular weight is 253 g/mol. The van der Waals surface area contributed by atoms with Crippen molar-refractivity contribution < 1.29 is 0 Å². The van der Waals surface area contributed by atoms with Crippen molar-refractivity contribution in [2.45, 2.75) is 96.4 Å². The fraction of sp³-hybridized carbons (Fsp3) is 1.00. The Kier molecular flexibility index (Phi) is 9.65. The zero-order valence-corrected chi connectivity index (χ0v) is 12.8. The molecule has 1 N–H and O–H groups in total. The zero-order valence-electron chi connectivity index (χ0n) is 12.8. The molecule has 1 saturated carbocycles. The molecule has 1 unspecified atom stereocenters. The van der Waals surface area contributed by atoms with E-state index >= 15 is 0 Å². The third-order valence-corrected chi connectivity index (χ3v) is 4.66.